The minimum atomic E-state index is -0.256. The molecular weight excluding hydrogens is 400 g/mol. The lowest BCUT2D eigenvalue weighted by Crippen LogP contribution is -2.69. The molecule has 1 aromatic rings. The van der Waals surface area contributed by atoms with Crippen LogP contribution >= 0.6 is 11.8 Å². The number of ether oxygens (including phenoxy) is 1. The van der Waals surface area contributed by atoms with Gasteiger partial charge in [-0.2, -0.15) is 0 Å². The molecule has 30 heavy (non-hydrogen) atoms. The molecular formula is C22H30N4O3S. The summed E-state index contributed by atoms with van der Waals surface area (Å²) in [6, 6.07) is 10.2. The molecule has 0 aromatic heterocycles. The van der Waals surface area contributed by atoms with Crippen molar-refractivity contribution < 1.29 is 14.3 Å². The highest BCUT2D eigenvalue weighted by atomic mass is 32.2. The summed E-state index contributed by atoms with van der Waals surface area (Å²) in [6.45, 7) is 2.78. The Bertz CT molecular complexity index is 788. The zero-order chi connectivity index (χ0) is 20.9. The molecule has 1 aromatic carbocycles. The van der Waals surface area contributed by atoms with Crippen LogP contribution in [0.5, 0.6) is 0 Å². The molecule has 7 nitrogen and oxygen atoms in total. The lowest BCUT2D eigenvalue weighted by Gasteiger charge is -2.43. The number of amides is 2. The van der Waals surface area contributed by atoms with Gasteiger partial charge in [-0.05, 0) is 35.8 Å². The molecule has 2 amide bonds. The summed E-state index contributed by atoms with van der Waals surface area (Å²) in [6.07, 6.45) is 2.38. The minimum absolute atomic E-state index is 0.0283. The Kier molecular flexibility index (Phi) is 7.09. The van der Waals surface area contributed by atoms with Crippen LogP contribution in [-0.2, 0) is 14.3 Å². The van der Waals surface area contributed by atoms with Gasteiger partial charge in [0.15, 0.2) is 0 Å². The van der Waals surface area contributed by atoms with E-state index in [0.29, 0.717) is 19.7 Å². The third-order valence-electron chi connectivity index (χ3n) is 5.97. The van der Waals surface area contributed by atoms with Gasteiger partial charge in [-0.25, -0.2) is 0 Å². The van der Waals surface area contributed by atoms with E-state index in [9.17, 15) is 9.59 Å². The van der Waals surface area contributed by atoms with E-state index < -0.39 is 0 Å². The Morgan fingerprint density at radius 2 is 2.17 bits per heavy atom. The summed E-state index contributed by atoms with van der Waals surface area (Å²) in [7, 11) is 1.66. The number of likely N-dealkylation sites (tertiary alicyclic amines) is 1. The van der Waals surface area contributed by atoms with Gasteiger partial charge < -0.3 is 15.4 Å². The largest absolute Gasteiger partial charge is 0.385 e. The maximum Gasteiger partial charge on any atom is 0.237 e. The van der Waals surface area contributed by atoms with Crippen LogP contribution in [0.25, 0.3) is 5.57 Å². The number of nitrogens with zero attached hydrogens (tertiary/aromatic N) is 1. The third-order valence-corrected chi connectivity index (χ3v) is 7.14. The van der Waals surface area contributed by atoms with Gasteiger partial charge in [-0.3, -0.25) is 19.8 Å². The first-order valence-electron chi connectivity index (χ1n) is 10.7. The first kappa shape index (κ1) is 21.4. The molecule has 0 aliphatic carbocycles. The summed E-state index contributed by atoms with van der Waals surface area (Å²) in [5.41, 5.74) is 2.31. The van der Waals surface area contributed by atoms with Gasteiger partial charge in [-0.1, -0.05) is 30.3 Å². The second kappa shape index (κ2) is 9.96. The highest BCUT2D eigenvalue weighted by Crippen LogP contribution is 2.38. The van der Waals surface area contributed by atoms with E-state index in [1.807, 2.05) is 18.2 Å². The standard InChI is InChI=1S/C22H30N4O3S/c1-29-12-6-10-23-20(27)16-9-5-11-26(13-16)22-24-18-17(15-7-3-2-4-8-15)14-30-19(18)21(28)25-22/h2-4,7-8,14,16,18-19,22,24H,5-6,9-13H2,1H3,(H,23,27)(H,25,28). The van der Waals surface area contributed by atoms with Crippen LogP contribution in [0.1, 0.15) is 24.8 Å². The van der Waals surface area contributed by atoms with Crippen LogP contribution in [-0.4, -0.2) is 67.6 Å². The number of nitrogens with one attached hydrogen (secondary N) is 3. The van der Waals surface area contributed by atoms with Crippen molar-refractivity contribution >= 4 is 29.1 Å². The predicted molar refractivity (Wildman–Crippen MR) is 118 cm³/mol. The van der Waals surface area contributed by atoms with Gasteiger partial charge in [0.25, 0.3) is 0 Å². The van der Waals surface area contributed by atoms with Crippen molar-refractivity contribution in [3.63, 3.8) is 0 Å². The quantitative estimate of drug-likeness (QED) is 0.567. The Morgan fingerprint density at radius 3 is 2.97 bits per heavy atom. The molecule has 0 saturated carbocycles. The Morgan fingerprint density at radius 1 is 1.33 bits per heavy atom. The van der Waals surface area contributed by atoms with Crippen molar-refractivity contribution in [1.29, 1.82) is 0 Å². The highest BCUT2D eigenvalue weighted by Gasteiger charge is 2.44. The van der Waals surface area contributed by atoms with Gasteiger partial charge >= 0.3 is 0 Å². The van der Waals surface area contributed by atoms with Crippen molar-refractivity contribution in [2.24, 2.45) is 5.92 Å². The number of fused-ring (bicyclic) bond motifs is 1. The Balaban J connectivity index is 1.38. The lowest BCUT2D eigenvalue weighted by molar-refractivity contribution is -0.129. The molecule has 2 saturated heterocycles. The average molecular weight is 431 g/mol. The van der Waals surface area contributed by atoms with Crippen LogP contribution in [0, 0.1) is 5.92 Å². The van der Waals surface area contributed by atoms with Crippen LogP contribution in [0.15, 0.2) is 35.7 Å². The van der Waals surface area contributed by atoms with Gasteiger partial charge in [-0.15, -0.1) is 11.8 Å². The molecule has 4 rings (SSSR count). The van der Waals surface area contributed by atoms with E-state index >= 15 is 0 Å². The topological polar surface area (TPSA) is 82.7 Å². The summed E-state index contributed by atoms with van der Waals surface area (Å²) in [5, 5.41) is 11.7. The third kappa shape index (κ3) is 4.72. The van der Waals surface area contributed by atoms with Crippen molar-refractivity contribution in [2.45, 2.75) is 36.8 Å². The molecule has 3 aliphatic rings. The summed E-state index contributed by atoms with van der Waals surface area (Å²) in [5.74, 6) is 0.0963. The van der Waals surface area contributed by atoms with Crippen LogP contribution < -0.4 is 16.0 Å². The van der Waals surface area contributed by atoms with E-state index in [0.717, 1.165) is 36.9 Å². The average Bonchev–Trinajstić information content (AvgIpc) is 3.22. The number of carbonyl (C=O) groups is 2. The first-order valence-corrected chi connectivity index (χ1v) is 11.6. The monoisotopic (exact) mass is 430 g/mol. The fraction of sp³-hybridized carbons (Fsp3) is 0.545. The summed E-state index contributed by atoms with van der Waals surface area (Å²) < 4.78 is 5.04. The minimum Gasteiger partial charge on any atom is -0.385 e. The number of hydrogen-bond donors (Lipinski definition) is 3. The predicted octanol–water partition coefficient (Wildman–Crippen LogP) is 1.38. The smallest absolute Gasteiger partial charge is 0.237 e. The van der Waals surface area contributed by atoms with Crippen molar-refractivity contribution in [2.75, 3.05) is 33.4 Å². The van der Waals surface area contributed by atoms with Gasteiger partial charge in [0, 0.05) is 33.4 Å². The SMILES string of the molecule is COCCCNC(=O)C1CCCN(C2NC(=O)C3SC=C(c4ccccc4)C3N2)C1. The van der Waals surface area contributed by atoms with Gasteiger partial charge in [0.05, 0.1) is 12.0 Å². The zero-order valence-corrected chi connectivity index (χ0v) is 18.1. The van der Waals surface area contributed by atoms with Crippen molar-refractivity contribution in [3.8, 4) is 0 Å². The van der Waals surface area contributed by atoms with E-state index in [1.165, 1.54) is 0 Å². The fourth-order valence-electron chi connectivity index (χ4n) is 4.38. The molecule has 3 aliphatic heterocycles. The Labute approximate surface area is 182 Å². The van der Waals surface area contributed by atoms with E-state index in [-0.39, 0.29) is 35.3 Å². The number of piperidine rings is 1. The number of rotatable bonds is 7. The molecule has 2 fully saturated rings. The van der Waals surface area contributed by atoms with Gasteiger partial charge in [0.2, 0.25) is 11.8 Å². The number of carbonyl (C=O) groups excluding carboxylic acids is 2. The van der Waals surface area contributed by atoms with Crippen molar-refractivity contribution in [1.82, 2.24) is 20.9 Å². The summed E-state index contributed by atoms with van der Waals surface area (Å²) >= 11 is 1.58. The summed E-state index contributed by atoms with van der Waals surface area (Å²) in [4.78, 5) is 27.6. The van der Waals surface area contributed by atoms with Crippen molar-refractivity contribution in [3.05, 3.63) is 41.3 Å². The van der Waals surface area contributed by atoms with E-state index in [4.69, 9.17) is 4.74 Å². The highest BCUT2D eigenvalue weighted by molar-refractivity contribution is 8.04. The molecule has 0 bridgehead atoms. The Hall–Kier alpha value is -1.87. The molecule has 162 valence electrons. The second-order valence-corrected chi connectivity index (χ2v) is 9.04. The lowest BCUT2D eigenvalue weighted by atomic mass is 9.94. The fourth-order valence-corrected chi connectivity index (χ4v) is 5.53. The molecule has 3 N–H and O–H groups in total. The normalized spacial score (nSPS) is 29.1. The maximum atomic E-state index is 12.8. The maximum absolute atomic E-state index is 12.8. The molecule has 4 unspecified atom stereocenters. The first-order chi connectivity index (χ1) is 14.7. The molecule has 0 radical (unpaired) electrons. The van der Waals surface area contributed by atoms with Crippen LogP contribution in [0.2, 0.25) is 0 Å². The number of thioether (sulfide) groups is 1. The van der Waals surface area contributed by atoms with Crippen LogP contribution in [0.4, 0.5) is 0 Å². The van der Waals surface area contributed by atoms with Crippen LogP contribution in [0.3, 0.4) is 0 Å². The number of benzene rings is 1. The number of hydrogen-bond acceptors (Lipinski definition) is 6. The second-order valence-electron chi connectivity index (χ2n) is 8.02. The van der Waals surface area contributed by atoms with E-state index in [1.54, 1.807) is 18.9 Å². The zero-order valence-electron chi connectivity index (χ0n) is 17.3. The van der Waals surface area contributed by atoms with Gasteiger partial charge in [0.1, 0.15) is 11.5 Å². The molecule has 8 heteroatoms. The molecule has 3 heterocycles. The molecule has 4 atom stereocenters. The van der Waals surface area contributed by atoms with E-state index in [2.05, 4.69) is 38.4 Å². The number of methoxy groups -OCH3 is 1. The molecule has 0 spiro atoms.